The first kappa shape index (κ1) is 11.2. The molecule has 1 N–H and O–H groups in total. The first-order valence-corrected chi connectivity index (χ1v) is 5.96. The van der Waals surface area contributed by atoms with Gasteiger partial charge in [-0.3, -0.25) is 0 Å². The van der Waals surface area contributed by atoms with Gasteiger partial charge < -0.3 is 10.2 Å². The highest BCUT2D eigenvalue weighted by molar-refractivity contribution is 5.58. The van der Waals surface area contributed by atoms with Crippen molar-refractivity contribution in [2.45, 2.75) is 19.4 Å². The summed E-state index contributed by atoms with van der Waals surface area (Å²) in [6.45, 7) is 6.85. The van der Waals surface area contributed by atoms with E-state index in [0.29, 0.717) is 0 Å². The van der Waals surface area contributed by atoms with Crippen molar-refractivity contribution in [2.24, 2.45) is 0 Å². The predicted molar refractivity (Wildman–Crippen MR) is 69.9 cm³/mol. The largest absolute Gasteiger partial charge is 0.374 e. The third-order valence-corrected chi connectivity index (χ3v) is 3.13. The molecule has 2 nitrogen and oxygen atoms in total. The van der Waals surface area contributed by atoms with E-state index in [9.17, 15) is 0 Å². The Kier molecular flexibility index (Phi) is 3.62. The zero-order chi connectivity index (χ0) is 11.4. The number of anilines is 1. The van der Waals surface area contributed by atoms with Crippen LogP contribution in [0.3, 0.4) is 0 Å². The second-order valence-electron chi connectivity index (χ2n) is 4.39. The number of fused-ring (bicyclic) bond motifs is 1. The van der Waals surface area contributed by atoms with E-state index in [1.165, 1.54) is 23.2 Å². The third-order valence-electron chi connectivity index (χ3n) is 3.13. The molecule has 86 valence electrons. The predicted octanol–water partition coefficient (Wildman–Crippen LogP) is 2.34. The van der Waals surface area contributed by atoms with Gasteiger partial charge in [-0.05, 0) is 36.6 Å². The summed E-state index contributed by atoms with van der Waals surface area (Å²) in [5, 5.41) is 3.42. The van der Waals surface area contributed by atoms with E-state index in [4.69, 9.17) is 0 Å². The maximum atomic E-state index is 3.72. The second kappa shape index (κ2) is 5.17. The maximum absolute atomic E-state index is 3.72. The zero-order valence-corrected chi connectivity index (χ0v) is 10.00. The molecule has 0 fully saturated rings. The molecule has 1 aromatic carbocycles. The van der Waals surface area contributed by atoms with Gasteiger partial charge in [-0.2, -0.15) is 0 Å². The lowest BCUT2D eigenvalue weighted by atomic mass is 10.1. The summed E-state index contributed by atoms with van der Waals surface area (Å²) < 4.78 is 0. The Labute approximate surface area is 98.0 Å². The summed E-state index contributed by atoms with van der Waals surface area (Å²) in [6, 6.07) is 6.80. The van der Waals surface area contributed by atoms with Crippen molar-refractivity contribution >= 4 is 5.69 Å². The highest BCUT2D eigenvalue weighted by Gasteiger charge is 2.14. The summed E-state index contributed by atoms with van der Waals surface area (Å²) in [7, 11) is 2.16. The Hall–Kier alpha value is -1.28. The van der Waals surface area contributed by atoms with Crippen LogP contribution in [0.25, 0.3) is 0 Å². The third kappa shape index (κ3) is 2.45. The van der Waals surface area contributed by atoms with Crippen LogP contribution in [0.5, 0.6) is 0 Å². The molecule has 0 atom stereocenters. The van der Waals surface area contributed by atoms with Gasteiger partial charge in [-0.25, -0.2) is 0 Å². The van der Waals surface area contributed by atoms with Crippen molar-refractivity contribution in [3.05, 3.63) is 42.0 Å². The van der Waals surface area contributed by atoms with E-state index in [1.54, 1.807) is 0 Å². The molecule has 1 heterocycles. The van der Waals surface area contributed by atoms with Crippen LogP contribution in [0.2, 0.25) is 0 Å². The van der Waals surface area contributed by atoms with Crippen molar-refractivity contribution in [2.75, 3.05) is 25.0 Å². The Morgan fingerprint density at radius 2 is 2.38 bits per heavy atom. The minimum absolute atomic E-state index is 0.963. The summed E-state index contributed by atoms with van der Waals surface area (Å²) >= 11 is 0. The van der Waals surface area contributed by atoms with Crippen LogP contribution in [0.1, 0.15) is 17.5 Å². The van der Waals surface area contributed by atoms with Crippen molar-refractivity contribution in [3.8, 4) is 0 Å². The molecule has 0 spiro atoms. The summed E-state index contributed by atoms with van der Waals surface area (Å²) in [6.07, 6.45) is 4.17. The van der Waals surface area contributed by atoms with Crippen LogP contribution in [0, 0.1) is 0 Å². The first-order chi connectivity index (χ1) is 7.81. The van der Waals surface area contributed by atoms with Crippen LogP contribution in [-0.4, -0.2) is 20.1 Å². The zero-order valence-electron chi connectivity index (χ0n) is 10.00. The minimum atomic E-state index is 0.963. The molecule has 0 bridgehead atoms. The molecule has 0 aromatic heterocycles. The highest BCUT2D eigenvalue weighted by atomic mass is 15.1. The van der Waals surface area contributed by atoms with Gasteiger partial charge in [0.25, 0.3) is 0 Å². The van der Waals surface area contributed by atoms with Gasteiger partial charge in [0.2, 0.25) is 0 Å². The summed E-state index contributed by atoms with van der Waals surface area (Å²) in [5.41, 5.74) is 4.28. The number of rotatable bonds is 5. The topological polar surface area (TPSA) is 15.3 Å². The number of nitrogens with one attached hydrogen (secondary N) is 1. The molecule has 0 aliphatic carbocycles. The standard InChI is InChI=1S/C14H20N2/c1-3-4-8-15-11-12-5-6-14-13(10-12)7-9-16(14)2/h3,5-6,10,15H,1,4,7-9,11H2,2H3. The van der Waals surface area contributed by atoms with E-state index in [0.717, 1.165) is 26.1 Å². The number of benzene rings is 1. The SMILES string of the molecule is C=CCCNCc1ccc2c(c1)CCN2C. The second-order valence-corrected chi connectivity index (χ2v) is 4.39. The Balaban J connectivity index is 1.94. The maximum Gasteiger partial charge on any atom is 0.0397 e. The average molecular weight is 216 g/mol. The molecule has 1 aliphatic heterocycles. The van der Waals surface area contributed by atoms with Crippen molar-refractivity contribution in [1.82, 2.24) is 5.32 Å². The van der Waals surface area contributed by atoms with E-state index in [2.05, 4.69) is 42.0 Å². The molecule has 16 heavy (non-hydrogen) atoms. The fourth-order valence-electron chi connectivity index (χ4n) is 2.17. The van der Waals surface area contributed by atoms with Gasteiger partial charge in [-0.15, -0.1) is 6.58 Å². The smallest absolute Gasteiger partial charge is 0.0397 e. The quantitative estimate of drug-likeness (QED) is 0.600. The molecule has 0 saturated carbocycles. The number of nitrogens with zero attached hydrogens (tertiary/aromatic N) is 1. The lowest BCUT2D eigenvalue weighted by Crippen LogP contribution is -2.14. The van der Waals surface area contributed by atoms with E-state index >= 15 is 0 Å². The van der Waals surface area contributed by atoms with E-state index in [1.807, 2.05) is 6.08 Å². The molecule has 0 unspecified atom stereocenters. The fourth-order valence-corrected chi connectivity index (χ4v) is 2.17. The highest BCUT2D eigenvalue weighted by Crippen LogP contribution is 2.27. The molecular weight excluding hydrogens is 196 g/mol. The van der Waals surface area contributed by atoms with Gasteiger partial charge in [0.1, 0.15) is 0 Å². The Morgan fingerprint density at radius 1 is 1.50 bits per heavy atom. The van der Waals surface area contributed by atoms with Crippen LogP contribution in [-0.2, 0) is 13.0 Å². The first-order valence-electron chi connectivity index (χ1n) is 5.96. The average Bonchev–Trinajstić information content (AvgIpc) is 2.66. The van der Waals surface area contributed by atoms with Gasteiger partial charge in [0, 0.05) is 25.8 Å². The van der Waals surface area contributed by atoms with Gasteiger partial charge in [-0.1, -0.05) is 18.2 Å². The van der Waals surface area contributed by atoms with E-state index < -0.39 is 0 Å². The molecule has 1 aliphatic rings. The Bertz CT molecular complexity index is 371. The molecule has 1 aromatic rings. The molecule has 0 saturated heterocycles. The van der Waals surface area contributed by atoms with Crippen LogP contribution >= 0.6 is 0 Å². The van der Waals surface area contributed by atoms with Gasteiger partial charge >= 0.3 is 0 Å². The van der Waals surface area contributed by atoms with Crippen LogP contribution in [0.15, 0.2) is 30.9 Å². The number of likely N-dealkylation sites (N-methyl/N-ethyl adjacent to an activating group) is 1. The molecule has 2 heteroatoms. The van der Waals surface area contributed by atoms with Crippen LogP contribution in [0.4, 0.5) is 5.69 Å². The van der Waals surface area contributed by atoms with Crippen LogP contribution < -0.4 is 10.2 Å². The van der Waals surface area contributed by atoms with Crippen molar-refractivity contribution in [1.29, 1.82) is 0 Å². The lowest BCUT2D eigenvalue weighted by molar-refractivity contribution is 0.695. The summed E-state index contributed by atoms with van der Waals surface area (Å²) in [4.78, 5) is 2.32. The Morgan fingerprint density at radius 3 is 3.19 bits per heavy atom. The number of hydrogen-bond acceptors (Lipinski definition) is 2. The fraction of sp³-hybridized carbons (Fsp3) is 0.429. The van der Waals surface area contributed by atoms with E-state index in [-0.39, 0.29) is 0 Å². The molecule has 0 radical (unpaired) electrons. The number of hydrogen-bond donors (Lipinski definition) is 1. The normalized spacial score (nSPS) is 13.9. The molecule has 2 rings (SSSR count). The summed E-state index contributed by atoms with van der Waals surface area (Å²) in [5.74, 6) is 0. The lowest BCUT2D eigenvalue weighted by Gasteiger charge is -2.12. The van der Waals surface area contributed by atoms with Gasteiger partial charge in [0.05, 0.1) is 0 Å². The molecular formula is C14H20N2. The minimum Gasteiger partial charge on any atom is -0.374 e. The van der Waals surface area contributed by atoms with Crippen molar-refractivity contribution in [3.63, 3.8) is 0 Å². The monoisotopic (exact) mass is 216 g/mol. The van der Waals surface area contributed by atoms with Crippen molar-refractivity contribution < 1.29 is 0 Å². The van der Waals surface area contributed by atoms with Gasteiger partial charge in [0.15, 0.2) is 0 Å². The molecule has 0 amide bonds.